The van der Waals surface area contributed by atoms with Crippen LogP contribution in [0.3, 0.4) is 0 Å². The number of urea groups is 1. The Labute approximate surface area is 115 Å². The van der Waals surface area contributed by atoms with Gasteiger partial charge in [0.2, 0.25) is 0 Å². The highest BCUT2D eigenvalue weighted by Crippen LogP contribution is 2.04. The summed E-state index contributed by atoms with van der Waals surface area (Å²) in [5.41, 5.74) is 0.766. The summed E-state index contributed by atoms with van der Waals surface area (Å²) in [5.74, 6) is -2.02. The number of amides is 2. The van der Waals surface area contributed by atoms with Gasteiger partial charge < -0.3 is 24.5 Å². The van der Waals surface area contributed by atoms with Crippen LogP contribution < -0.4 is 5.32 Å². The molecule has 0 unspecified atom stereocenters. The van der Waals surface area contributed by atoms with Crippen LogP contribution in [0.1, 0.15) is 12.0 Å². The smallest absolute Gasteiger partial charge is 0.326 e. The maximum atomic E-state index is 11.8. The molecule has 1 aromatic heterocycles. The normalized spacial score (nSPS) is 11.5. The number of hydrogen-bond donors (Lipinski definition) is 2. The van der Waals surface area contributed by atoms with Gasteiger partial charge in [-0.05, 0) is 6.07 Å². The van der Waals surface area contributed by atoms with Gasteiger partial charge in [0, 0.05) is 12.6 Å². The Balaban J connectivity index is 2.56. The Morgan fingerprint density at radius 2 is 2.20 bits per heavy atom. The number of methoxy groups -OCH3 is 1. The highest BCUT2D eigenvalue weighted by atomic mass is 16.5. The Morgan fingerprint density at radius 1 is 1.50 bits per heavy atom. The largest absolute Gasteiger partial charge is 0.480 e. The number of carbonyl (C=O) groups excluding carboxylic acids is 2. The number of nitrogens with one attached hydrogen (secondary N) is 1. The molecule has 1 heterocycles. The zero-order valence-electron chi connectivity index (χ0n) is 11.2. The van der Waals surface area contributed by atoms with Crippen LogP contribution in [0.4, 0.5) is 4.79 Å². The number of carboxylic acids is 1. The van der Waals surface area contributed by atoms with Crippen molar-refractivity contribution in [2.75, 3.05) is 14.2 Å². The molecule has 0 spiro atoms. The Kier molecular flexibility index (Phi) is 5.57. The lowest BCUT2D eigenvalue weighted by molar-refractivity contribution is -0.147. The monoisotopic (exact) mass is 284 g/mol. The minimum Gasteiger partial charge on any atom is -0.480 e. The molecule has 20 heavy (non-hydrogen) atoms. The average molecular weight is 284 g/mol. The molecule has 110 valence electrons. The van der Waals surface area contributed by atoms with Crippen molar-refractivity contribution in [3.8, 4) is 0 Å². The summed E-state index contributed by atoms with van der Waals surface area (Å²) in [6, 6.07) is -0.253. The maximum absolute atomic E-state index is 11.8. The minimum atomic E-state index is -1.33. The first-order valence-corrected chi connectivity index (χ1v) is 5.76. The van der Waals surface area contributed by atoms with Gasteiger partial charge in [-0.3, -0.25) is 4.79 Å². The average Bonchev–Trinajstić information content (AvgIpc) is 2.90. The zero-order valence-corrected chi connectivity index (χ0v) is 11.2. The maximum Gasteiger partial charge on any atom is 0.326 e. The lowest BCUT2D eigenvalue weighted by Crippen LogP contribution is -2.47. The molecule has 0 bridgehead atoms. The number of rotatable bonds is 6. The second-order valence-electron chi connectivity index (χ2n) is 4.11. The lowest BCUT2D eigenvalue weighted by Gasteiger charge is -2.20. The number of nitrogens with zero attached hydrogens (tertiary/aromatic N) is 1. The minimum absolute atomic E-state index is 0.257. The zero-order chi connectivity index (χ0) is 15.1. The van der Waals surface area contributed by atoms with E-state index in [0.29, 0.717) is 0 Å². The van der Waals surface area contributed by atoms with Crippen molar-refractivity contribution in [3.63, 3.8) is 0 Å². The van der Waals surface area contributed by atoms with Gasteiger partial charge in [-0.25, -0.2) is 9.59 Å². The molecule has 0 fully saturated rings. The van der Waals surface area contributed by atoms with Gasteiger partial charge >= 0.3 is 18.0 Å². The van der Waals surface area contributed by atoms with Crippen molar-refractivity contribution < 1.29 is 28.6 Å². The highest BCUT2D eigenvalue weighted by molar-refractivity contribution is 5.86. The molecule has 1 atom stereocenters. The third kappa shape index (κ3) is 4.63. The number of esters is 1. The van der Waals surface area contributed by atoms with Gasteiger partial charge in [-0.1, -0.05) is 0 Å². The number of hydrogen-bond acceptors (Lipinski definition) is 5. The summed E-state index contributed by atoms with van der Waals surface area (Å²) in [6.07, 6.45) is 2.52. The molecular weight excluding hydrogens is 268 g/mol. The number of furan rings is 1. The molecule has 0 saturated heterocycles. The van der Waals surface area contributed by atoms with E-state index in [4.69, 9.17) is 9.52 Å². The third-order valence-electron chi connectivity index (χ3n) is 2.54. The molecular formula is C12H16N2O6. The van der Waals surface area contributed by atoms with Gasteiger partial charge in [0.25, 0.3) is 0 Å². The van der Waals surface area contributed by atoms with Crippen LogP contribution in [0.2, 0.25) is 0 Å². The molecule has 0 radical (unpaired) electrons. The van der Waals surface area contributed by atoms with Gasteiger partial charge in [-0.15, -0.1) is 0 Å². The second-order valence-corrected chi connectivity index (χ2v) is 4.11. The fourth-order valence-electron chi connectivity index (χ4n) is 1.44. The van der Waals surface area contributed by atoms with Gasteiger partial charge in [0.15, 0.2) is 0 Å². The summed E-state index contributed by atoms with van der Waals surface area (Å²) in [7, 11) is 2.65. The van der Waals surface area contributed by atoms with E-state index < -0.39 is 30.4 Å². The Hall–Kier alpha value is -2.51. The number of carbonyl (C=O) groups is 3. The van der Waals surface area contributed by atoms with Crippen LogP contribution >= 0.6 is 0 Å². The van der Waals surface area contributed by atoms with Crippen LogP contribution in [0.5, 0.6) is 0 Å². The van der Waals surface area contributed by atoms with Crippen LogP contribution in [-0.4, -0.2) is 48.2 Å². The second kappa shape index (κ2) is 7.17. The van der Waals surface area contributed by atoms with Crippen molar-refractivity contribution in [2.45, 2.75) is 19.0 Å². The first-order chi connectivity index (χ1) is 9.43. The van der Waals surface area contributed by atoms with Crippen molar-refractivity contribution in [1.29, 1.82) is 0 Å². The summed E-state index contributed by atoms with van der Waals surface area (Å²) < 4.78 is 9.25. The summed E-state index contributed by atoms with van der Waals surface area (Å²) in [4.78, 5) is 35.1. The van der Waals surface area contributed by atoms with Crippen LogP contribution in [0.15, 0.2) is 23.0 Å². The van der Waals surface area contributed by atoms with E-state index in [1.807, 2.05) is 0 Å². The number of ether oxygens (including phenoxy) is 1. The van der Waals surface area contributed by atoms with Gasteiger partial charge in [0.1, 0.15) is 6.04 Å². The van der Waals surface area contributed by atoms with Crippen LogP contribution in [-0.2, 0) is 20.9 Å². The molecule has 0 aliphatic heterocycles. The summed E-state index contributed by atoms with van der Waals surface area (Å²) >= 11 is 0. The first kappa shape index (κ1) is 15.5. The van der Waals surface area contributed by atoms with Crippen molar-refractivity contribution in [2.24, 2.45) is 0 Å². The summed E-state index contributed by atoms with van der Waals surface area (Å²) in [6.45, 7) is 0.257. The lowest BCUT2D eigenvalue weighted by atomic mass is 10.2. The van der Waals surface area contributed by atoms with E-state index in [-0.39, 0.29) is 6.54 Å². The predicted octanol–water partition coefficient (Wildman–Crippen LogP) is 0.437. The van der Waals surface area contributed by atoms with E-state index in [1.54, 1.807) is 6.07 Å². The molecule has 0 aliphatic carbocycles. The SMILES string of the molecule is COC(=O)C[C@H](NC(=O)N(C)Cc1ccoc1)C(=O)O. The first-order valence-electron chi connectivity index (χ1n) is 5.76. The van der Waals surface area contributed by atoms with E-state index in [1.165, 1.54) is 24.5 Å². The fraction of sp³-hybridized carbons (Fsp3) is 0.417. The molecule has 2 N–H and O–H groups in total. The number of carboxylic acid groups (broad SMARTS) is 1. The molecule has 1 rings (SSSR count). The Morgan fingerprint density at radius 3 is 2.70 bits per heavy atom. The molecule has 8 heteroatoms. The molecule has 8 nitrogen and oxygen atoms in total. The van der Waals surface area contributed by atoms with Crippen LogP contribution in [0.25, 0.3) is 0 Å². The summed E-state index contributed by atoms with van der Waals surface area (Å²) in [5, 5.41) is 11.2. The molecule has 1 aromatic rings. The van der Waals surface area contributed by atoms with Crippen molar-refractivity contribution >= 4 is 18.0 Å². The van der Waals surface area contributed by atoms with Gasteiger partial charge in [0.05, 0.1) is 32.6 Å². The predicted molar refractivity (Wildman–Crippen MR) is 66.8 cm³/mol. The number of aliphatic carboxylic acids is 1. The molecule has 2 amide bonds. The van der Waals surface area contributed by atoms with Crippen molar-refractivity contribution in [3.05, 3.63) is 24.2 Å². The standard InChI is InChI=1S/C12H16N2O6/c1-14(6-8-3-4-20-7-8)12(18)13-9(11(16)17)5-10(15)19-2/h3-4,7,9H,5-6H2,1-2H3,(H,13,18)(H,16,17)/t9-/m0/s1. The topological polar surface area (TPSA) is 109 Å². The highest BCUT2D eigenvalue weighted by Gasteiger charge is 2.25. The molecule has 0 aromatic carbocycles. The third-order valence-corrected chi connectivity index (χ3v) is 2.54. The Bertz CT molecular complexity index is 470. The fourth-order valence-corrected chi connectivity index (χ4v) is 1.44. The van der Waals surface area contributed by atoms with E-state index in [2.05, 4.69) is 10.1 Å². The van der Waals surface area contributed by atoms with Crippen LogP contribution in [0, 0.1) is 0 Å². The quantitative estimate of drug-likeness (QED) is 0.733. The van der Waals surface area contributed by atoms with E-state index in [9.17, 15) is 14.4 Å². The molecule has 0 aliphatic rings. The van der Waals surface area contributed by atoms with Crippen molar-refractivity contribution in [1.82, 2.24) is 10.2 Å². The van der Waals surface area contributed by atoms with Gasteiger partial charge in [-0.2, -0.15) is 0 Å². The molecule has 0 saturated carbocycles. The van der Waals surface area contributed by atoms with E-state index in [0.717, 1.165) is 12.7 Å². The van der Waals surface area contributed by atoms with E-state index >= 15 is 0 Å².